The molecule has 2 unspecified atom stereocenters. The van der Waals surface area contributed by atoms with Crippen LogP contribution in [0.5, 0.6) is 0 Å². The average molecular weight is 230 g/mol. The number of esters is 1. The van der Waals surface area contributed by atoms with E-state index in [1.807, 2.05) is 6.92 Å². The van der Waals surface area contributed by atoms with Crippen LogP contribution in [-0.4, -0.2) is 23.3 Å². The van der Waals surface area contributed by atoms with E-state index in [2.05, 4.69) is 6.92 Å². The lowest BCUT2D eigenvalue weighted by atomic mass is 10.1. The number of carbonyl (C=O) groups excluding carboxylic acids is 1. The zero-order chi connectivity index (χ0) is 12.4. The molecule has 0 aromatic heterocycles. The molecular weight excluding hydrogens is 204 g/mol. The molecule has 0 aromatic rings. The topological polar surface area (TPSA) is 46.5 Å². The molecule has 0 aliphatic carbocycles. The number of unbranched alkanes of at least 4 members (excludes halogenated alkanes) is 5. The fraction of sp³-hybridized carbons (Fsp3) is 0.923. The van der Waals surface area contributed by atoms with Crippen molar-refractivity contribution in [1.82, 2.24) is 0 Å². The number of carbonyl (C=O) groups is 1. The lowest BCUT2D eigenvalue weighted by Crippen LogP contribution is -2.24. The van der Waals surface area contributed by atoms with Gasteiger partial charge in [-0.05, 0) is 26.7 Å². The Morgan fingerprint density at radius 2 is 1.69 bits per heavy atom. The highest BCUT2D eigenvalue weighted by Crippen LogP contribution is 2.10. The second-order valence-electron chi connectivity index (χ2n) is 4.48. The van der Waals surface area contributed by atoms with Crippen LogP contribution in [0.2, 0.25) is 0 Å². The molecule has 0 fully saturated rings. The minimum atomic E-state index is -1.01. The van der Waals surface area contributed by atoms with Gasteiger partial charge in [0.1, 0.15) is 6.10 Å². The van der Waals surface area contributed by atoms with Crippen LogP contribution in [0.3, 0.4) is 0 Å². The van der Waals surface area contributed by atoms with Gasteiger partial charge < -0.3 is 9.84 Å². The summed E-state index contributed by atoms with van der Waals surface area (Å²) in [6.07, 6.45) is 7.26. The maximum Gasteiger partial charge on any atom is 0.334 e. The maximum absolute atomic E-state index is 11.1. The third-order valence-electron chi connectivity index (χ3n) is 2.62. The molecule has 0 heterocycles. The van der Waals surface area contributed by atoms with Gasteiger partial charge in [0.25, 0.3) is 0 Å². The Kier molecular flexibility index (Phi) is 9.30. The van der Waals surface area contributed by atoms with Crippen LogP contribution in [0.4, 0.5) is 0 Å². The van der Waals surface area contributed by atoms with Gasteiger partial charge in [0.2, 0.25) is 0 Å². The number of aliphatic hydroxyl groups is 1. The van der Waals surface area contributed by atoms with Crippen molar-refractivity contribution in [3.8, 4) is 0 Å². The zero-order valence-corrected chi connectivity index (χ0v) is 10.9. The highest BCUT2D eigenvalue weighted by atomic mass is 16.6. The van der Waals surface area contributed by atoms with Gasteiger partial charge in [-0.3, -0.25) is 0 Å². The molecule has 0 spiro atoms. The van der Waals surface area contributed by atoms with E-state index < -0.39 is 12.1 Å². The molecule has 96 valence electrons. The van der Waals surface area contributed by atoms with Crippen LogP contribution in [0.25, 0.3) is 0 Å². The molecule has 0 rings (SSSR count). The molecule has 0 aliphatic rings. The zero-order valence-electron chi connectivity index (χ0n) is 10.9. The van der Waals surface area contributed by atoms with Gasteiger partial charge in [0, 0.05) is 0 Å². The summed E-state index contributed by atoms with van der Waals surface area (Å²) in [7, 11) is 0. The summed E-state index contributed by atoms with van der Waals surface area (Å²) in [6.45, 7) is 5.52. The van der Waals surface area contributed by atoms with Gasteiger partial charge in [-0.2, -0.15) is 0 Å². The summed E-state index contributed by atoms with van der Waals surface area (Å²) >= 11 is 0. The Morgan fingerprint density at radius 1 is 1.12 bits per heavy atom. The fourth-order valence-corrected chi connectivity index (χ4v) is 1.57. The molecule has 0 saturated carbocycles. The summed E-state index contributed by atoms with van der Waals surface area (Å²) in [4.78, 5) is 11.1. The minimum absolute atomic E-state index is 0.0757. The third kappa shape index (κ3) is 8.72. The van der Waals surface area contributed by atoms with Gasteiger partial charge in [-0.15, -0.1) is 0 Å². The summed E-state index contributed by atoms with van der Waals surface area (Å²) in [5, 5.41) is 8.96. The van der Waals surface area contributed by atoms with E-state index in [0.717, 1.165) is 12.8 Å². The SMILES string of the molecule is CCCCCCCCC(C)OC(=O)C(C)O. The summed E-state index contributed by atoms with van der Waals surface area (Å²) < 4.78 is 5.05. The van der Waals surface area contributed by atoms with E-state index in [4.69, 9.17) is 9.84 Å². The van der Waals surface area contributed by atoms with Gasteiger partial charge in [0.15, 0.2) is 0 Å². The fourth-order valence-electron chi connectivity index (χ4n) is 1.57. The molecule has 16 heavy (non-hydrogen) atoms. The van der Waals surface area contributed by atoms with E-state index in [-0.39, 0.29) is 6.10 Å². The summed E-state index contributed by atoms with van der Waals surface area (Å²) in [5.74, 6) is -0.515. The van der Waals surface area contributed by atoms with Crippen LogP contribution in [0.15, 0.2) is 0 Å². The summed E-state index contributed by atoms with van der Waals surface area (Å²) in [6, 6.07) is 0. The Morgan fingerprint density at radius 3 is 2.25 bits per heavy atom. The van der Waals surface area contributed by atoms with E-state index >= 15 is 0 Å². The lowest BCUT2D eigenvalue weighted by molar-refractivity contribution is -0.157. The van der Waals surface area contributed by atoms with Crippen molar-refractivity contribution in [3.05, 3.63) is 0 Å². The van der Waals surface area contributed by atoms with Gasteiger partial charge in [-0.1, -0.05) is 39.0 Å². The van der Waals surface area contributed by atoms with E-state index in [1.54, 1.807) is 0 Å². The highest BCUT2D eigenvalue weighted by molar-refractivity contribution is 5.73. The third-order valence-corrected chi connectivity index (χ3v) is 2.62. The molecule has 0 aromatic carbocycles. The van der Waals surface area contributed by atoms with Crippen molar-refractivity contribution < 1.29 is 14.6 Å². The van der Waals surface area contributed by atoms with Crippen molar-refractivity contribution in [2.24, 2.45) is 0 Å². The van der Waals surface area contributed by atoms with Crippen molar-refractivity contribution in [1.29, 1.82) is 0 Å². The van der Waals surface area contributed by atoms with Crippen LogP contribution >= 0.6 is 0 Å². The second-order valence-corrected chi connectivity index (χ2v) is 4.48. The monoisotopic (exact) mass is 230 g/mol. The molecule has 0 radical (unpaired) electrons. The normalized spacial score (nSPS) is 14.5. The number of rotatable bonds is 9. The molecule has 0 amide bonds. The van der Waals surface area contributed by atoms with Crippen LogP contribution < -0.4 is 0 Å². The van der Waals surface area contributed by atoms with Gasteiger partial charge in [0.05, 0.1) is 6.10 Å². The van der Waals surface area contributed by atoms with Gasteiger partial charge in [-0.25, -0.2) is 4.79 Å². The molecule has 0 saturated heterocycles. The standard InChI is InChI=1S/C13H26O3/c1-4-5-6-7-8-9-10-11(2)16-13(15)12(3)14/h11-12,14H,4-10H2,1-3H3. The Balaban J connectivity index is 3.37. The smallest absolute Gasteiger partial charge is 0.334 e. The Labute approximate surface area is 99.2 Å². The largest absolute Gasteiger partial charge is 0.461 e. The summed E-state index contributed by atoms with van der Waals surface area (Å²) in [5.41, 5.74) is 0. The molecule has 3 nitrogen and oxygen atoms in total. The molecule has 3 heteroatoms. The first-order chi connectivity index (χ1) is 7.57. The minimum Gasteiger partial charge on any atom is -0.461 e. The first-order valence-electron chi connectivity index (χ1n) is 6.46. The van der Waals surface area contributed by atoms with Crippen molar-refractivity contribution in [2.45, 2.75) is 77.9 Å². The van der Waals surface area contributed by atoms with Crippen molar-refractivity contribution in [3.63, 3.8) is 0 Å². The Bertz CT molecular complexity index is 178. The maximum atomic E-state index is 11.1. The highest BCUT2D eigenvalue weighted by Gasteiger charge is 2.13. The first kappa shape index (κ1) is 15.4. The predicted octanol–water partition coefficient (Wildman–Crippen LogP) is 3.05. The first-order valence-corrected chi connectivity index (χ1v) is 6.46. The van der Waals surface area contributed by atoms with E-state index in [1.165, 1.54) is 39.0 Å². The van der Waals surface area contributed by atoms with E-state index in [9.17, 15) is 4.79 Å². The van der Waals surface area contributed by atoms with Crippen LogP contribution in [0, 0.1) is 0 Å². The molecule has 0 aliphatic heterocycles. The number of aliphatic hydroxyl groups excluding tert-OH is 1. The predicted molar refractivity (Wildman–Crippen MR) is 65.2 cm³/mol. The molecule has 1 N–H and O–H groups in total. The average Bonchev–Trinajstić information content (AvgIpc) is 2.23. The van der Waals surface area contributed by atoms with Crippen molar-refractivity contribution in [2.75, 3.05) is 0 Å². The molecule has 2 atom stereocenters. The molecular formula is C13H26O3. The number of ether oxygens (including phenoxy) is 1. The molecule has 0 bridgehead atoms. The van der Waals surface area contributed by atoms with Crippen LogP contribution in [0.1, 0.15) is 65.7 Å². The number of hydrogen-bond donors (Lipinski definition) is 1. The van der Waals surface area contributed by atoms with Crippen LogP contribution in [-0.2, 0) is 9.53 Å². The quantitative estimate of drug-likeness (QED) is 0.489. The van der Waals surface area contributed by atoms with Crippen molar-refractivity contribution >= 4 is 5.97 Å². The van der Waals surface area contributed by atoms with Gasteiger partial charge >= 0.3 is 5.97 Å². The number of hydrogen-bond acceptors (Lipinski definition) is 3. The lowest BCUT2D eigenvalue weighted by Gasteiger charge is -2.14. The Hall–Kier alpha value is -0.570. The second kappa shape index (κ2) is 9.64. The van der Waals surface area contributed by atoms with E-state index in [0.29, 0.717) is 0 Å².